The van der Waals surface area contributed by atoms with Crippen molar-refractivity contribution in [2.75, 3.05) is 0 Å². The fourth-order valence-electron chi connectivity index (χ4n) is 1.96. The van der Waals surface area contributed by atoms with Gasteiger partial charge in [0.15, 0.2) is 0 Å². The summed E-state index contributed by atoms with van der Waals surface area (Å²) in [6, 6.07) is 6.09. The number of benzene rings is 1. The minimum absolute atomic E-state index is 0.202. The van der Waals surface area contributed by atoms with E-state index >= 15 is 0 Å². The highest BCUT2D eigenvalue weighted by atomic mass is 19.4. The summed E-state index contributed by atoms with van der Waals surface area (Å²) in [5.74, 6) is -41.5. The summed E-state index contributed by atoms with van der Waals surface area (Å²) in [6.45, 7) is 0. The molecule has 0 atom stereocenters. The van der Waals surface area contributed by atoms with E-state index in [1.807, 2.05) is 0 Å². The Bertz CT molecular complexity index is 889. The van der Waals surface area contributed by atoms with Crippen LogP contribution in [0.1, 0.15) is 5.89 Å². The topological polar surface area (TPSA) is 38.9 Å². The predicted molar refractivity (Wildman–Crippen MR) is 69.5 cm³/mol. The molecule has 0 spiro atoms. The standard InChI is InChI=1S/C14H5F13N2O/c15-9(16,8-28-7(29-30-8)6-4-2-1-3-5-6)10(17,18)11(19,20)12(21,22)13(23,24)14(25,26)27/h1-5H. The molecule has 1 aromatic carbocycles. The minimum Gasteiger partial charge on any atom is -0.332 e. The molecule has 0 N–H and O–H groups in total. The maximum absolute atomic E-state index is 13.9. The molecule has 0 bridgehead atoms. The highest BCUT2D eigenvalue weighted by molar-refractivity contribution is 5.53. The largest absolute Gasteiger partial charge is 0.460 e. The Balaban J connectivity index is 2.54. The van der Waals surface area contributed by atoms with E-state index in [2.05, 4.69) is 14.7 Å². The molecule has 0 aliphatic heterocycles. The number of aromatic nitrogens is 2. The van der Waals surface area contributed by atoms with Crippen LogP contribution in [0.2, 0.25) is 0 Å². The molecule has 0 amide bonds. The van der Waals surface area contributed by atoms with Crippen LogP contribution in [0.3, 0.4) is 0 Å². The second-order valence-corrected chi connectivity index (χ2v) is 5.66. The smallest absolute Gasteiger partial charge is 0.332 e. The van der Waals surface area contributed by atoms with Gasteiger partial charge in [0.2, 0.25) is 5.82 Å². The van der Waals surface area contributed by atoms with Crippen LogP contribution >= 0.6 is 0 Å². The van der Waals surface area contributed by atoms with E-state index < -0.39 is 47.5 Å². The first kappa shape index (κ1) is 23.7. The Kier molecular flexibility index (Phi) is 5.32. The molecule has 168 valence electrons. The van der Waals surface area contributed by atoms with Crippen LogP contribution in [0.25, 0.3) is 11.4 Å². The van der Waals surface area contributed by atoms with Crippen LogP contribution in [-0.2, 0) is 5.92 Å². The predicted octanol–water partition coefficient (Wildman–Crippen LogP) is 5.93. The van der Waals surface area contributed by atoms with Crippen molar-refractivity contribution in [2.45, 2.75) is 35.8 Å². The monoisotopic (exact) mass is 464 g/mol. The maximum atomic E-state index is 13.9. The summed E-state index contributed by atoms with van der Waals surface area (Å²) in [5, 5.41) is 2.74. The van der Waals surface area contributed by atoms with Crippen molar-refractivity contribution < 1.29 is 61.6 Å². The average molecular weight is 464 g/mol. The zero-order valence-corrected chi connectivity index (χ0v) is 13.6. The van der Waals surface area contributed by atoms with E-state index in [0.717, 1.165) is 12.1 Å². The summed E-state index contributed by atoms with van der Waals surface area (Å²) >= 11 is 0. The van der Waals surface area contributed by atoms with Crippen molar-refractivity contribution in [3.05, 3.63) is 36.2 Å². The third kappa shape index (κ3) is 3.15. The van der Waals surface area contributed by atoms with Gasteiger partial charge < -0.3 is 4.52 Å². The number of hydrogen-bond donors (Lipinski definition) is 0. The van der Waals surface area contributed by atoms with Gasteiger partial charge in [-0.3, -0.25) is 0 Å². The lowest BCUT2D eigenvalue weighted by molar-refractivity contribution is -0.443. The van der Waals surface area contributed by atoms with Gasteiger partial charge in [-0.05, 0) is 0 Å². The average Bonchev–Trinajstić information content (AvgIpc) is 3.11. The van der Waals surface area contributed by atoms with Gasteiger partial charge in [0.05, 0.1) is 0 Å². The normalized spacial score (nSPS) is 14.8. The molecule has 3 nitrogen and oxygen atoms in total. The Labute approximate surface area is 156 Å². The van der Waals surface area contributed by atoms with Gasteiger partial charge in [-0.15, -0.1) is 0 Å². The molecule has 0 radical (unpaired) electrons. The van der Waals surface area contributed by atoms with Gasteiger partial charge in [-0.25, -0.2) is 0 Å². The zero-order valence-electron chi connectivity index (χ0n) is 13.6. The molecule has 1 aromatic heterocycles. The SMILES string of the molecule is FC(F)(F)C(F)(F)C(F)(F)C(F)(F)C(F)(F)C(F)(F)c1nc(-c2ccccc2)no1. The highest BCUT2D eigenvalue weighted by Gasteiger charge is 2.91. The lowest BCUT2D eigenvalue weighted by atomic mass is 9.94. The van der Waals surface area contributed by atoms with E-state index in [9.17, 15) is 57.1 Å². The van der Waals surface area contributed by atoms with E-state index in [1.54, 1.807) is 0 Å². The number of rotatable bonds is 6. The molecule has 2 rings (SSSR count). The van der Waals surface area contributed by atoms with Crippen molar-refractivity contribution in [2.24, 2.45) is 0 Å². The molecular weight excluding hydrogens is 459 g/mol. The molecule has 16 heteroatoms. The third-order valence-electron chi connectivity index (χ3n) is 3.66. The van der Waals surface area contributed by atoms with Crippen molar-refractivity contribution in [1.29, 1.82) is 0 Å². The van der Waals surface area contributed by atoms with Crippen LogP contribution in [-0.4, -0.2) is 40.0 Å². The molecule has 0 unspecified atom stereocenters. The van der Waals surface area contributed by atoms with Crippen LogP contribution in [0.15, 0.2) is 34.9 Å². The van der Waals surface area contributed by atoms with Gasteiger partial charge in [0, 0.05) is 5.56 Å². The summed E-state index contributed by atoms with van der Waals surface area (Å²) in [5.41, 5.74) is -0.202. The van der Waals surface area contributed by atoms with E-state index in [4.69, 9.17) is 0 Å². The Morgan fingerprint density at radius 2 is 1.07 bits per heavy atom. The molecule has 0 fully saturated rings. The van der Waals surface area contributed by atoms with Crippen LogP contribution in [0, 0.1) is 0 Å². The lowest BCUT2D eigenvalue weighted by Crippen LogP contribution is -2.69. The second-order valence-electron chi connectivity index (χ2n) is 5.66. The Hall–Kier alpha value is -2.55. The zero-order chi connectivity index (χ0) is 23.4. The van der Waals surface area contributed by atoms with Crippen molar-refractivity contribution in [1.82, 2.24) is 10.1 Å². The van der Waals surface area contributed by atoms with Gasteiger partial charge in [0.25, 0.3) is 0 Å². The van der Waals surface area contributed by atoms with Gasteiger partial charge in [0.1, 0.15) is 0 Å². The first-order valence-electron chi connectivity index (χ1n) is 7.17. The van der Waals surface area contributed by atoms with Crippen molar-refractivity contribution in [3.63, 3.8) is 0 Å². The molecule has 1 heterocycles. The van der Waals surface area contributed by atoms with E-state index in [0.29, 0.717) is 0 Å². The quantitative estimate of drug-likeness (QED) is 0.498. The molecule has 0 saturated carbocycles. The molecule has 0 aliphatic rings. The highest BCUT2D eigenvalue weighted by Crippen LogP contribution is 2.61. The summed E-state index contributed by atoms with van der Waals surface area (Å²) in [6.07, 6.45) is -7.48. The first-order valence-corrected chi connectivity index (χ1v) is 7.17. The van der Waals surface area contributed by atoms with E-state index in [-0.39, 0.29) is 5.56 Å². The molecule has 30 heavy (non-hydrogen) atoms. The van der Waals surface area contributed by atoms with Gasteiger partial charge >= 0.3 is 41.7 Å². The molecule has 2 aromatic rings. The summed E-state index contributed by atoms with van der Waals surface area (Å²) < 4.78 is 174. The van der Waals surface area contributed by atoms with Crippen molar-refractivity contribution in [3.8, 4) is 11.4 Å². The van der Waals surface area contributed by atoms with Crippen LogP contribution in [0.4, 0.5) is 57.1 Å². The second kappa shape index (κ2) is 6.73. The number of nitrogens with zero attached hydrogens (tertiary/aromatic N) is 2. The summed E-state index contributed by atoms with van der Waals surface area (Å²) in [7, 11) is 0. The molecule has 0 saturated heterocycles. The molecular formula is C14H5F13N2O. The lowest BCUT2D eigenvalue weighted by Gasteiger charge is -2.38. The number of halogens is 13. The molecule has 0 aliphatic carbocycles. The Morgan fingerprint density at radius 1 is 0.600 bits per heavy atom. The number of hydrogen-bond acceptors (Lipinski definition) is 3. The summed E-state index contributed by atoms with van der Waals surface area (Å²) in [4.78, 5) is 2.63. The third-order valence-corrected chi connectivity index (χ3v) is 3.66. The fourth-order valence-corrected chi connectivity index (χ4v) is 1.96. The fraction of sp³-hybridized carbons (Fsp3) is 0.429. The maximum Gasteiger partial charge on any atom is 0.460 e. The Morgan fingerprint density at radius 3 is 1.53 bits per heavy atom. The van der Waals surface area contributed by atoms with Crippen LogP contribution in [0.5, 0.6) is 0 Å². The van der Waals surface area contributed by atoms with Crippen LogP contribution < -0.4 is 0 Å². The minimum atomic E-state index is -7.99. The van der Waals surface area contributed by atoms with Crippen molar-refractivity contribution >= 4 is 0 Å². The first-order chi connectivity index (χ1) is 13.3. The van der Waals surface area contributed by atoms with Gasteiger partial charge in [-0.2, -0.15) is 62.1 Å². The number of alkyl halides is 13. The van der Waals surface area contributed by atoms with Gasteiger partial charge in [-0.1, -0.05) is 35.5 Å². The van der Waals surface area contributed by atoms with E-state index in [1.165, 1.54) is 18.2 Å².